The Kier molecular flexibility index (Phi) is 8.22. The summed E-state index contributed by atoms with van der Waals surface area (Å²) in [4.78, 5) is 2.70. The fourth-order valence-electron chi connectivity index (χ4n) is 3.45. The van der Waals surface area contributed by atoms with Gasteiger partial charge in [0.1, 0.15) is 0 Å². The second-order valence-electron chi connectivity index (χ2n) is 7.92. The molecule has 0 heterocycles. The molecule has 1 aliphatic carbocycles. The number of nitrogens with zero attached hydrogens (tertiary/aromatic N) is 1. The lowest BCUT2D eigenvalue weighted by molar-refractivity contribution is 0.119. The number of hydrogen-bond acceptors (Lipinski definition) is 3. The fourth-order valence-corrected chi connectivity index (χ4v) is 3.45. The van der Waals surface area contributed by atoms with E-state index in [1.807, 2.05) is 0 Å². The minimum Gasteiger partial charge on any atom is -0.394 e. The van der Waals surface area contributed by atoms with E-state index < -0.39 is 0 Å². The van der Waals surface area contributed by atoms with Crippen molar-refractivity contribution in [2.75, 3.05) is 19.7 Å². The van der Waals surface area contributed by atoms with Crippen LogP contribution in [0.4, 0.5) is 0 Å². The summed E-state index contributed by atoms with van der Waals surface area (Å²) in [5, 5.41) is 13.3. The van der Waals surface area contributed by atoms with Crippen molar-refractivity contribution in [3.05, 3.63) is 0 Å². The van der Waals surface area contributed by atoms with Gasteiger partial charge in [0, 0.05) is 24.2 Å². The van der Waals surface area contributed by atoms with Gasteiger partial charge in [0.2, 0.25) is 0 Å². The Morgan fingerprint density at radius 1 is 1.14 bits per heavy atom. The predicted octanol–water partition coefficient (Wildman–Crippen LogP) is 3.42. The molecule has 126 valence electrons. The molecule has 0 aliphatic heterocycles. The highest BCUT2D eigenvalue weighted by Gasteiger charge is 2.28. The maximum Gasteiger partial charge on any atom is 0.0611 e. The van der Waals surface area contributed by atoms with Crippen LogP contribution in [0.1, 0.15) is 73.1 Å². The van der Waals surface area contributed by atoms with E-state index in [2.05, 4.69) is 44.8 Å². The second-order valence-corrected chi connectivity index (χ2v) is 7.92. The van der Waals surface area contributed by atoms with Crippen LogP contribution in [0, 0.1) is 5.92 Å². The standard InChI is InChI=1S/C18H38N2O/c1-15(2)10-12-20(17-8-6-7-9-17)13-11-18(5,14-21)19-16(3)4/h15-17,19,21H,6-14H2,1-5H3. The zero-order valence-electron chi connectivity index (χ0n) is 15.0. The summed E-state index contributed by atoms with van der Waals surface area (Å²) >= 11 is 0. The highest BCUT2D eigenvalue weighted by atomic mass is 16.3. The zero-order chi connectivity index (χ0) is 15.9. The first-order valence-electron chi connectivity index (χ1n) is 8.99. The summed E-state index contributed by atoms with van der Waals surface area (Å²) in [6.45, 7) is 13.6. The molecule has 3 nitrogen and oxygen atoms in total. The summed E-state index contributed by atoms with van der Waals surface area (Å²) in [5.41, 5.74) is -0.150. The van der Waals surface area contributed by atoms with E-state index in [4.69, 9.17) is 0 Å². The van der Waals surface area contributed by atoms with Crippen LogP contribution in [0.25, 0.3) is 0 Å². The van der Waals surface area contributed by atoms with E-state index in [-0.39, 0.29) is 12.1 Å². The maximum absolute atomic E-state index is 9.75. The molecule has 3 heteroatoms. The molecule has 0 aromatic rings. The fraction of sp³-hybridized carbons (Fsp3) is 1.00. The van der Waals surface area contributed by atoms with Crippen molar-refractivity contribution in [2.24, 2.45) is 5.92 Å². The molecule has 0 saturated heterocycles. The Morgan fingerprint density at radius 2 is 1.76 bits per heavy atom. The van der Waals surface area contributed by atoms with Crippen LogP contribution in [0.15, 0.2) is 0 Å². The van der Waals surface area contributed by atoms with Crippen LogP contribution >= 0.6 is 0 Å². The quantitative estimate of drug-likeness (QED) is 0.649. The molecule has 0 aromatic heterocycles. The molecule has 1 fully saturated rings. The number of hydrogen-bond donors (Lipinski definition) is 2. The van der Waals surface area contributed by atoms with Crippen molar-refractivity contribution in [3.8, 4) is 0 Å². The molecule has 1 aliphatic rings. The van der Waals surface area contributed by atoms with Gasteiger partial charge in [-0.3, -0.25) is 0 Å². The molecule has 1 atom stereocenters. The van der Waals surface area contributed by atoms with Crippen LogP contribution in [0.5, 0.6) is 0 Å². The first kappa shape index (κ1) is 18.9. The van der Waals surface area contributed by atoms with Crippen molar-refractivity contribution in [3.63, 3.8) is 0 Å². The van der Waals surface area contributed by atoms with Gasteiger partial charge in [-0.1, -0.05) is 40.5 Å². The summed E-state index contributed by atoms with van der Waals surface area (Å²) in [6.07, 6.45) is 7.83. The normalized spacial score (nSPS) is 19.9. The third-order valence-electron chi connectivity index (χ3n) is 4.77. The molecule has 0 bridgehead atoms. The molecule has 0 spiro atoms. The third-order valence-corrected chi connectivity index (χ3v) is 4.77. The lowest BCUT2D eigenvalue weighted by Gasteiger charge is -2.36. The molecule has 21 heavy (non-hydrogen) atoms. The summed E-state index contributed by atoms with van der Waals surface area (Å²) in [5.74, 6) is 0.770. The van der Waals surface area contributed by atoms with Crippen molar-refractivity contribution in [1.29, 1.82) is 0 Å². The van der Waals surface area contributed by atoms with Crippen molar-refractivity contribution in [1.82, 2.24) is 10.2 Å². The molecular weight excluding hydrogens is 260 g/mol. The largest absolute Gasteiger partial charge is 0.394 e. The minimum atomic E-state index is -0.150. The van der Waals surface area contributed by atoms with Crippen LogP contribution in [0.3, 0.4) is 0 Å². The van der Waals surface area contributed by atoms with Gasteiger partial charge in [-0.2, -0.15) is 0 Å². The highest BCUT2D eigenvalue weighted by Crippen LogP contribution is 2.25. The molecular formula is C18H38N2O. The molecule has 0 aromatic carbocycles. The van der Waals surface area contributed by atoms with Crippen molar-refractivity contribution >= 4 is 0 Å². The smallest absolute Gasteiger partial charge is 0.0611 e. The van der Waals surface area contributed by atoms with E-state index in [1.54, 1.807) is 0 Å². The monoisotopic (exact) mass is 298 g/mol. The Morgan fingerprint density at radius 3 is 2.24 bits per heavy atom. The van der Waals surface area contributed by atoms with Gasteiger partial charge in [-0.25, -0.2) is 0 Å². The minimum absolute atomic E-state index is 0.150. The van der Waals surface area contributed by atoms with Crippen molar-refractivity contribution in [2.45, 2.75) is 90.8 Å². The van der Waals surface area contributed by atoms with Gasteiger partial charge in [0.15, 0.2) is 0 Å². The van der Waals surface area contributed by atoms with Crippen LogP contribution in [-0.4, -0.2) is 47.3 Å². The molecule has 1 rings (SSSR count). The van der Waals surface area contributed by atoms with Crippen LogP contribution < -0.4 is 5.32 Å². The highest BCUT2D eigenvalue weighted by molar-refractivity contribution is 4.87. The van der Waals surface area contributed by atoms with Crippen LogP contribution in [-0.2, 0) is 0 Å². The molecule has 0 amide bonds. The lowest BCUT2D eigenvalue weighted by atomic mass is 9.96. The zero-order valence-corrected chi connectivity index (χ0v) is 15.0. The Hall–Kier alpha value is -0.120. The van der Waals surface area contributed by atoms with E-state index in [9.17, 15) is 5.11 Å². The van der Waals surface area contributed by atoms with Crippen molar-refractivity contribution < 1.29 is 5.11 Å². The summed E-state index contributed by atoms with van der Waals surface area (Å²) < 4.78 is 0. The van der Waals surface area contributed by atoms with Crippen LogP contribution in [0.2, 0.25) is 0 Å². The lowest BCUT2D eigenvalue weighted by Crippen LogP contribution is -2.51. The summed E-state index contributed by atoms with van der Waals surface area (Å²) in [7, 11) is 0. The Balaban J connectivity index is 2.53. The maximum atomic E-state index is 9.75. The second kappa shape index (κ2) is 9.12. The Bertz CT molecular complexity index is 274. The average Bonchev–Trinajstić information content (AvgIpc) is 2.91. The van der Waals surface area contributed by atoms with E-state index in [0.717, 1.165) is 24.9 Å². The number of aliphatic hydroxyl groups excluding tert-OH is 1. The van der Waals surface area contributed by atoms with E-state index in [1.165, 1.54) is 38.6 Å². The molecule has 0 radical (unpaired) electrons. The average molecular weight is 299 g/mol. The predicted molar refractivity (Wildman–Crippen MR) is 91.7 cm³/mol. The van der Waals surface area contributed by atoms with Gasteiger partial charge in [-0.05, 0) is 45.1 Å². The topological polar surface area (TPSA) is 35.5 Å². The van der Waals surface area contributed by atoms with Gasteiger partial charge in [0.25, 0.3) is 0 Å². The number of rotatable bonds is 10. The number of aliphatic hydroxyl groups is 1. The molecule has 1 unspecified atom stereocenters. The SMILES string of the molecule is CC(C)CCN(CCC(C)(CO)NC(C)C)C1CCCC1. The van der Waals surface area contributed by atoms with E-state index in [0.29, 0.717) is 6.04 Å². The van der Waals surface area contributed by atoms with Gasteiger partial charge in [0.05, 0.1) is 6.61 Å². The van der Waals surface area contributed by atoms with Gasteiger partial charge < -0.3 is 15.3 Å². The Labute approximate surface area is 132 Å². The third kappa shape index (κ3) is 7.12. The van der Waals surface area contributed by atoms with Gasteiger partial charge in [-0.15, -0.1) is 0 Å². The number of nitrogens with one attached hydrogen (secondary N) is 1. The molecule has 2 N–H and O–H groups in total. The van der Waals surface area contributed by atoms with E-state index >= 15 is 0 Å². The first-order chi connectivity index (χ1) is 9.86. The molecule has 1 saturated carbocycles. The summed E-state index contributed by atoms with van der Waals surface area (Å²) in [6, 6.07) is 1.20. The van der Waals surface area contributed by atoms with Gasteiger partial charge >= 0.3 is 0 Å². The first-order valence-corrected chi connectivity index (χ1v) is 8.99.